The van der Waals surface area contributed by atoms with Gasteiger partial charge in [0.05, 0.1) is 6.54 Å². The molecule has 0 aliphatic heterocycles. The van der Waals surface area contributed by atoms with Gasteiger partial charge in [-0.2, -0.15) is 0 Å². The molecule has 0 bridgehead atoms. The van der Waals surface area contributed by atoms with E-state index in [0.717, 1.165) is 28.5 Å². The number of nitrogens with zero attached hydrogens (tertiary/aromatic N) is 1. The van der Waals surface area contributed by atoms with Crippen LogP contribution in [-0.4, -0.2) is 48.9 Å². The van der Waals surface area contributed by atoms with E-state index in [1.54, 1.807) is 0 Å². The lowest BCUT2D eigenvalue weighted by Gasteiger charge is -2.16. The second kappa shape index (κ2) is 7.23. The molecule has 132 valence electrons. The Morgan fingerprint density at radius 1 is 1.28 bits per heavy atom. The lowest BCUT2D eigenvalue weighted by atomic mass is 10.1. The summed E-state index contributed by atoms with van der Waals surface area (Å²) in [5.41, 5.74) is 0.857. The van der Waals surface area contributed by atoms with Crippen LogP contribution in [0.2, 0.25) is 0 Å². The molecule has 0 unspecified atom stereocenters. The van der Waals surface area contributed by atoms with E-state index in [2.05, 4.69) is 5.32 Å². The predicted molar refractivity (Wildman–Crippen MR) is 95.6 cm³/mol. The number of hydrogen-bond acceptors (Lipinski definition) is 5. The number of ether oxygens (including phenoxy) is 1. The topological polar surface area (TPSA) is 75.7 Å². The lowest BCUT2D eigenvalue weighted by Crippen LogP contribution is -2.40. The van der Waals surface area contributed by atoms with Crippen molar-refractivity contribution in [3.05, 3.63) is 34.7 Å². The standard InChI is InChI=1S/C18H20N2O4S/c1-11-13-5-3-4-6-14(13)25-17(11)18(23)24-10-16(22)20(2)9-15(21)19-12-7-8-12/h3-6,12H,7-10H2,1-2H3,(H,19,21). The maximum atomic E-state index is 12.3. The third-order valence-corrected chi connectivity index (χ3v) is 5.36. The third kappa shape index (κ3) is 4.17. The van der Waals surface area contributed by atoms with Gasteiger partial charge in [-0.15, -0.1) is 11.3 Å². The van der Waals surface area contributed by atoms with Crippen molar-refractivity contribution < 1.29 is 19.1 Å². The van der Waals surface area contributed by atoms with Gasteiger partial charge < -0.3 is 15.0 Å². The summed E-state index contributed by atoms with van der Waals surface area (Å²) < 4.78 is 6.15. The molecular formula is C18H20N2O4S. The summed E-state index contributed by atoms with van der Waals surface area (Å²) in [4.78, 5) is 37.8. The number of likely N-dealkylation sites (N-methyl/N-ethyl adjacent to an activating group) is 1. The molecule has 7 heteroatoms. The first kappa shape index (κ1) is 17.4. The Labute approximate surface area is 149 Å². The van der Waals surface area contributed by atoms with E-state index in [1.165, 1.54) is 23.3 Å². The number of thiophene rings is 1. The molecule has 2 aromatic rings. The number of carbonyl (C=O) groups is 3. The summed E-state index contributed by atoms with van der Waals surface area (Å²) >= 11 is 1.35. The average Bonchev–Trinajstić information content (AvgIpc) is 3.34. The quantitative estimate of drug-likeness (QED) is 0.801. The van der Waals surface area contributed by atoms with Crippen molar-refractivity contribution in [2.75, 3.05) is 20.2 Å². The summed E-state index contributed by atoms with van der Waals surface area (Å²) in [7, 11) is 1.52. The lowest BCUT2D eigenvalue weighted by molar-refractivity contribution is -0.137. The molecule has 1 N–H and O–H groups in total. The maximum absolute atomic E-state index is 12.3. The largest absolute Gasteiger partial charge is 0.451 e. The van der Waals surface area contributed by atoms with Crippen molar-refractivity contribution in [3.8, 4) is 0 Å². The monoisotopic (exact) mass is 360 g/mol. The molecule has 0 radical (unpaired) electrons. The molecule has 1 fully saturated rings. The zero-order chi connectivity index (χ0) is 18.0. The van der Waals surface area contributed by atoms with Crippen molar-refractivity contribution in [3.63, 3.8) is 0 Å². The van der Waals surface area contributed by atoms with Crippen LogP contribution < -0.4 is 5.32 Å². The summed E-state index contributed by atoms with van der Waals surface area (Å²) in [5, 5.41) is 3.83. The minimum absolute atomic E-state index is 0.0329. The highest BCUT2D eigenvalue weighted by Gasteiger charge is 2.25. The van der Waals surface area contributed by atoms with Crippen molar-refractivity contribution in [2.45, 2.75) is 25.8 Å². The zero-order valence-corrected chi connectivity index (χ0v) is 15.0. The number of benzene rings is 1. The number of esters is 1. The number of fused-ring (bicyclic) bond motifs is 1. The number of rotatable bonds is 6. The Balaban J connectivity index is 1.54. The van der Waals surface area contributed by atoms with Gasteiger partial charge in [0.25, 0.3) is 5.91 Å². The van der Waals surface area contributed by atoms with Crippen molar-refractivity contribution in [2.24, 2.45) is 0 Å². The molecule has 1 aliphatic carbocycles. The van der Waals surface area contributed by atoms with E-state index in [0.29, 0.717) is 4.88 Å². The first-order valence-electron chi connectivity index (χ1n) is 8.14. The van der Waals surface area contributed by atoms with E-state index >= 15 is 0 Å². The van der Waals surface area contributed by atoms with Crippen molar-refractivity contribution >= 4 is 39.2 Å². The fourth-order valence-electron chi connectivity index (χ4n) is 2.48. The first-order valence-corrected chi connectivity index (χ1v) is 8.96. The molecular weight excluding hydrogens is 340 g/mol. The van der Waals surface area contributed by atoms with Crippen LogP contribution in [0.1, 0.15) is 28.1 Å². The van der Waals surface area contributed by atoms with Crippen molar-refractivity contribution in [1.82, 2.24) is 10.2 Å². The van der Waals surface area contributed by atoms with E-state index in [4.69, 9.17) is 4.74 Å². The minimum atomic E-state index is -0.511. The summed E-state index contributed by atoms with van der Waals surface area (Å²) in [6.45, 7) is 1.46. The molecule has 0 saturated heterocycles. The number of nitrogens with one attached hydrogen (secondary N) is 1. The van der Waals surface area contributed by atoms with Crippen LogP contribution in [0.3, 0.4) is 0 Å². The molecule has 1 aliphatic rings. The van der Waals surface area contributed by atoms with Crippen LogP contribution in [0, 0.1) is 6.92 Å². The van der Waals surface area contributed by atoms with E-state index in [1.807, 2.05) is 31.2 Å². The molecule has 6 nitrogen and oxygen atoms in total. The first-order chi connectivity index (χ1) is 12.0. The van der Waals surface area contributed by atoms with E-state index < -0.39 is 11.9 Å². The van der Waals surface area contributed by atoms with Gasteiger partial charge in [-0.05, 0) is 36.8 Å². The Hall–Kier alpha value is -2.41. The molecule has 1 aromatic heterocycles. The summed E-state index contributed by atoms with van der Waals surface area (Å²) in [6, 6.07) is 7.99. The SMILES string of the molecule is Cc1c(C(=O)OCC(=O)N(C)CC(=O)NC2CC2)sc2ccccc12. The number of hydrogen-bond donors (Lipinski definition) is 1. The molecule has 0 spiro atoms. The number of carbonyl (C=O) groups excluding carboxylic acids is 3. The predicted octanol–water partition coefficient (Wildman–Crippen LogP) is 2.10. The third-order valence-electron chi connectivity index (χ3n) is 4.10. The second-order valence-electron chi connectivity index (χ2n) is 6.22. The van der Waals surface area contributed by atoms with Crippen LogP contribution in [0.4, 0.5) is 0 Å². The highest BCUT2D eigenvalue weighted by atomic mass is 32.1. The van der Waals surface area contributed by atoms with Crippen LogP contribution >= 0.6 is 11.3 Å². The van der Waals surface area contributed by atoms with E-state index in [-0.39, 0.29) is 25.1 Å². The number of amides is 2. The highest BCUT2D eigenvalue weighted by Crippen LogP contribution is 2.30. The normalized spacial score (nSPS) is 13.5. The van der Waals surface area contributed by atoms with Gasteiger partial charge in [0.1, 0.15) is 4.88 Å². The van der Waals surface area contributed by atoms with Gasteiger partial charge in [0, 0.05) is 17.8 Å². The molecule has 0 atom stereocenters. The highest BCUT2D eigenvalue weighted by molar-refractivity contribution is 7.21. The Bertz CT molecular complexity index is 826. The molecule has 3 rings (SSSR count). The van der Waals surface area contributed by atoms with Gasteiger partial charge in [-0.1, -0.05) is 18.2 Å². The fraction of sp³-hybridized carbons (Fsp3) is 0.389. The summed E-state index contributed by atoms with van der Waals surface area (Å²) in [6.07, 6.45) is 1.99. The van der Waals surface area contributed by atoms with Gasteiger partial charge >= 0.3 is 5.97 Å². The average molecular weight is 360 g/mol. The number of aryl methyl sites for hydroxylation is 1. The van der Waals surface area contributed by atoms with Crippen LogP contribution in [0.5, 0.6) is 0 Å². The van der Waals surface area contributed by atoms with Crippen LogP contribution in [-0.2, 0) is 14.3 Å². The molecule has 2 amide bonds. The Kier molecular flexibility index (Phi) is 5.03. The summed E-state index contributed by atoms with van der Waals surface area (Å²) in [5.74, 6) is -1.11. The molecule has 1 saturated carbocycles. The smallest absolute Gasteiger partial charge is 0.349 e. The molecule has 1 aromatic carbocycles. The van der Waals surface area contributed by atoms with Gasteiger partial charge in [-0.3, -0.25) is 9.59 Å². The Morgan fingerprint density at radius 3 is 2.68 bits per heavy atom. The van der Waals surface area contributed by atoms with Crippen LogP contribution in [0.25, 0.3) is 10.1 Å². The Morgan fingerprint density at radius 2 is 2.00 bits per heavy atom. The fourth-order valence-corrected chi connectivity index (χ4v) is 3.58. The van der Waals surface area contributed by atoms with E-state index in [9.17, 15) is 14.4 Å². The zero-order valence-electron chi connectivity index (χ0n) is 14.2. The van der Waals surface area contributed by atoms with Gasteiger partial charge in [0.2, 0.25) is 5.91 Å². The van der Waals surface area contributed by atoms with Crippen LogP contribution in [0.15, 0.2) is 24.3 Å². The second-order valence-corrected chi connectivity index (χ2v) is 7.27. The van der Waals surface area contributed by atoms with Gasteiger partial charge in [-0.25, -0.2) is 4.79 Å². The minimum Gasteiger partial charge on any atom is -0.451 e. The molecule has 1 heterocycles. The van der Waals surface area contributed by atoms with Gasteiger partial charge in [0.15, 0.2) is 6.61 Å². The maximum Gasteiger partial charge on any atom is 0.349 e. The van der Waals surface area contributed by atoms with Crippen molar-refractivity contribution in [1.29, 1.82) is 0 Å². The molecule has 25 heavy (non-hydrogen) atoms.